The number of carbonyl (C=O) groups is 1. The summed E-state index contributed by atoms with van der Waals surface area (Å²) in [5.41, 5.74) is 1.78. The Bertz CT molecular complexity index is 519. The molecule has 0 aromatic carbocycles. The van der Waals surface area contributed by atoms with E-state index < -0.39 is 0 Å². The van der Waals surface area contributed by atoms with Gasteiger partial charge in [0.15, 0.2) is 0 Å². The molecule has 0 radical (unpaired) electrons. The predicted molar refractivity (Wildman–Crippen MR) is 60.1 cm³/mol. The summed E-state index contributed by atoms with van der Waals surface area (Å²) in [6.45, 7) is 2.07. The number of aromatic nitrogens is 2. The highest BCUT2D eigenvalue weighted by molar-refractivity contribution is 5.81. The number of amides is 1. The number of nitrogens with one attached hydrogen (secondary N) is 2. The first kappa shape index (κ1) is 10.5. The van der Waals surface area contributed by atoms with Gasteiger partial charge in [0.1, 0.15) is 11.4 Å². The third kappa shape index (κ3) is 2.13. The lowest BCUT2D eigenvalue weighted by molar-refractivity contribution is -0.118. The van der Waals surface area contributed by atoms with Gasteiger partial charge in [0.2, 0.25) is 5.91 Å². The molecular formula is C11H13N3O2. The van der Waals surface area contributed by atoms with E-state index in [1.807, 2.05) is 6.20 Å². The first-order valence-electron chi connectivity index (χ1n) is 5.06. The fourth-order valence-electron chi connectivity index (χ4n) is 1.63. The number of aromatic amines is 1. The Labute approximate surface area is 92.5 Å². The van der Waals surface area contributed by atoms with E-state index in [9.17, 15) is 9.90 Å². The minimum absolute atomic E-state index is 0.0409. The molecular weight excluding hydrogens is 206 g/mol. The SMILES string of the molecule is CC(=O)NCCc1c[nH]c2ncc(O)cc12. The third-order valence-corrected chi connectivity index (χ3v) is 2.37. The standard InChI is InChI=1S/C11H13N3O2/c1-7(15)12-3-2-8-5-13-11-10(8)4-9(16)6-14-11/h4-6,16H,2-3H2,1H3,(H,12,15)(H,13,14). The summed E-state index contributed by atoms with van der Waals surface area (Å²) in [4.78, 5) is 17.8. The molecule has 2 aromatic rings. The zero-order valence-corrected chi connectivity index (χ0v) is 8.95. The Hall–Kier alpha value is -2.04. The van der Waals surface area contributed by atoms with Crippen LogP contribution in [0.5, 0.6) is 5.75 Å². The Morgan fingerprint density at radius 3 is 3.19 bits per heavy atom. The van der Waals surface area contributed by atoms with Crippen LogP contribution in [0.1, 0.15) is 12.5 Å². The zero-order chi connectivity index (χ0) is 11.5. The highest BCUT2D eigenvalue weighted by Crippen LogP contribution is 2.20. The van der Waals surface area contributed by atoms with Crippen molar-refractivity contribution in [2.75, 3.05) is 6.54 Å². The van der Waals surface area contributed by atoms with Crippen molar-refractivity contribution in [3.63, 3.8) is 0 Å². The van der Waals surface area contributed by atoms with E-state index in [1.165, 1.54) is 13.1 Å². The van der Waals surface area contributed by atoms with Gasteiger partial charge in [-0.2, -0.15) is 0 Å². The lowest BCUT2D eigenvalue weighted by Crippen LogP contribution is -2.22. The summed E-state index contributed by atoms with van der Waals surface area (Å²) in [5, 5.41) is 13.0. The predicted octanol–water partition coefficient (Wildman–Crippen LogP) is 0.947. The molecule has 0 saturated carbocycles. The van der Waals surface area contributed by atoms with E-state index in [2.05, 4.69) is 15.3 Å². The molecule has 16 heavy (non-hydrogen) atoms. The van der Waals surface area contributed by atoms with E-state index in [0.29, 0.717) is 13.0 Å². The maximum Gasteiger partial charge on any atom is 0.216 e. The summed E-state index contributed by atoms with van der Waals surface area (Å²) in [6, 6.07) is 1.67. The van der Waals surface area contributed by atoms with Gasteiger partial charge in [0.25, 0.3) is 0 Å². The molecule has 2 heterocycles. The number of hydrogen-bond acceptors (Lipinski definition) is 3. The van der Waals surface area contributed by atoms with Crippen LogP contribution in [-0.4, -0.2) is 27.5 Å². The number of nitrogens with zero attached hydrogens (tertiary/aromatic N) is 1. The van der Waals surface area contributed by atoms with Crippen LogP contribution in [0.2, 0.25) is 0 Å². The summed E-state index contributed by atoms with van der Waals surface area (Å²) in [7, 11) is 0. The van der Waals surface area contributed by atoms with E-state index in [-0.39, 0.29) is 11.7 Å². The Balaban J connectivity index is 2.17. The number of carbonyl (C=O) groups excluding carboxylic acids is 1. The number of rotatable bonds is 3. The highest BCUT2D eigenvalue weighted by Gasteiger charge is 2.05. The Morgan fingerprint density at radius 2 is 2.44 bits per heavy atom. The van der Waals surface area contributed by atoms with Crippen LogP contribution in [0.3, 0.4) is 0 Å². The van der Waals surface area contributed by atoms with E-state index in [1.54, 1.807) is 6.07 Å². The largest absolute Gasteiger partial charge is 0.506 e. The average molecular weight is 219 g/mol. The first-order valence-corrected chi connectivity index (χ1v) is 5.06. The van der Waals surface area contributed by atoms with Gasteiger partial charge in [-0.3, -0.25) is 4.79 Å². The van der Waals surface area contributed by atoms with E-state index in [0.717, 1.165) is 16.6 Å². The van der Waals surface area contributed by atoms with Gasteiger partial charge >= 0.3 is 0 Å². The molecule has 5 nitrogen and oxygen atoms in total. The van der Waals surface area contributed by atoms with Crippen LogP contribution < -0.4 is 5.32 Å². The number of H-pyrrole nitrogens is 1. The lowest BCUT2D eigenvalue weighted by Gasteiger charge is -2.00. The van der Waals surface area contributed by atoms with Gasteiger partial charge in [-0.1, -0.05) is 0 Å². The molecule has 0 fully saturated rings. The van der Waals surface area contributed by atoms with Gasteiger partial charge in [0, 0.05) is 25.1 Å². The number of aromatic hydroxyl groups is 1. The average Bonchev–Trinajstić information content (AvgIpc) is 2.60. The van der Waals surface area contributed by atoms with Gasteiger partial charge in [-0.05, 0) is 18.1 Å². The van der Waals surface area contributed by atoms with Crippen molar-refractivity contribution in [1.82, 2.24) is 15.3 Å². The smallest absolute Gasteiger partial charge is 0.216 e. The quantitative estimate of drug-likeness (QED) is 0.719. The highest BCUT2D eigenvalue weighted by atomic mass is 16.3. The summed E-state index contributed by atoms with van der Waals surface area (Å²) in [5.74, 6) is 0.105. The summed E-state index contributed by atoms with van der Waals surface area (Å²) < 4.78 is 0. The van der Waals surface area contributed by atoms with Gasteiger partial charge < -0.3 is 15.4 Å². The molecule has 1 amide bonds. The molecule has 0 saturated heterocycles. The fourth-order valence-corrected chi connectivity index (χ4v) is 1.63. The van der Waals surface area contributed by atoms with Crippen LogP contribution in [0.15, 0.2) is 18.5 Å². The summed E-state index contributed by atoms with van der Waals surface area (Å²) >= 11 is 0. The van der Waals surface area contributed by atoms with Crippen LogP contribution in [0.4, 0.5) is 0 Å². The molecule has 0 bridgehead atoms. The van der Waals surface area contributed by atoms with Crippen molar-refractivity contribution in [1.29, 1.82) is 0 Å². The minimum atomic E-state index is -0.0409. The summed E-state index contributed by atoms with van der Waals surface area (Å²) in [6.07, 6.45) is 3.96. The normalized spacial score (nSPS) is 10.6. The third-order valence-electron chi connectivity index (χ3n) is 2.37. The van der Waals surface area contributed by atoms with Crippen LogP contribution >= 0.6 is 0 Å². The molecule has 2 rings (SSSR count). The van der Waals surface area contributed by atoms with E-state index in [4.69, 9.17) is 0 Å². The maximum absolute atomic E-state index is 10.7. The molecule has 84 valence electrons. The second-order valence-electron chi connectivity index (χ2n) is 3.64. The van der Waals surface area contributed by atoms with Gasteiger partial charge in [-0.15, -0.1) is 0 Å². The number of fused-ring (bicyclic) bond motifs is 1. The van der Waals surface area contributed by atoms with Gasteiger partial charge in [0.05, 0.1) is 6.20 Å². The second kappa shape index (κ2) is 4.22. The van der Waals surface area contributed by atoms with Crippen molar-refractivity contribution in [2.24, 2.45) is 0 Å². The first-order chi connectivity index (χ1) is 7.66. The fraction of sp³-hybridized carbons (Fsp3) is 0.273. The Morgan fingerprint density at radius 1 is 1.62 bits per heavy atom. The molecule has 3 N–H and O–H groups in total. The molecule has 0 aliphatic heterocycles. The van der Waals surface area contributed by atoms with Crippen LogP contribution in [-0.2, 0) is 11.2 Å². The molecule has 0 atom stereocenters. The maximum atomic E-state index is 10.7. The molecule has 0 aliphatic carbocycles. The van der Waals surface area contributed by atoms with Crippen molar-refractivity contribution >= 4 is 16.9 Å². The monoisotopic (exact) mass is 219 g/mol. The lowest BCUT2D eigenvalue weighted by atomic mass is 10.1. The number of pyridine rings is 1. The minimum Gasteiger partial charge on any atom is -0.506 e. The van der Waals surface area contributed by atoms with Crippen molar-refractivity contribution in [2.45, 2.75) is 13.3 Å². The van der Waals surface area contributed by atoms with E-state index >= 15 is 0 Å². The van der Waals surface area contributed by atoms with Crippen molar-refractivity contribution < 1.29 is 9.90 Å². The van der Waals surface area contributed by atoms with Crippen LogP contribution in [0.25, 0.3) is 11.0 Å². The van der Waals surface area contributed by atoms with Gasteiger partial charge in [-0.25, -0.2) is 4.98 Å². The number of hydrogen-bond donors (Lipinski definition) is 3. The molecule has 0 spiro atoms. The topological polar surface area (TPSA) is 78.0 Å². The Kier molecular flexibility index (Phi) is 2.76. The molecule has 2 aromatic heterocycles. The molecule has 0 unspecified atom stereocenters. The van der Waals surface area contributed by atoms with Crippen LogP contribution in [0, 0.1) is 0 Å². The molecule has 0 aliphatic rings. The molecule has 5 heteroatoms. The van der Waals surface area contributed by atoms with Crippen molar-refractivity contribution in [3.8, 4) is 5.75 Å². The second-order valence-corrected chi connectivity index (χ2v) is 3.64. The zero-order valence-electron chi connectivity index (χ0n) is 8.95. The van der Waals surface area contributed by atoms with Crippen molar-refractivity contribution in [3.05, 3.63) is 24.0 Å².